The highest BCUT2D eigenvalue weighted by atomic mass is 127. The summed E-state index contributed by atoms with van der Waals surface area (Å²) in [6.07, 6.45) is 7.52. The van der Waals surface area contributed by atoms with E-state index in [0.29, 0.717) is 25.6 Å². The highest BCUT2D eigenvalue weighted by Gasteiger charge is 2.27. The van der Waals surface area contributed by atoms with E-state index < -0.39 is 0 Å². The third kappa shape index (κ3) is 4.11. The van der Waals surface area contributed by atoms with Gasteiger partial charge >= 0.3 is 0 Å². The van der Waals surface area contributed by atoms with Crippen molar-refractivity contribution in [3.8, 4) is 0 Å². The van der Waals surface area contributed by atoms with E-state index in [9.17, 15) is 4.79 Å². The van der Waals surface area contributed by atoms with Crippen LogP contribution in [0.2, 0.25) is 0 Å². The van der Waals surface area contributed by atoms with Gasteiger partial charge in [-0.25, -0.2) is 4.98 Å². The number of carbonyl (C=O) groups is 1. The summed E-state index contributed by atoms with van der Waals surface area (Å²) in [6, 6.07) is 5.90. The van der Waals surface area contributed by atoms with Crippen LogP contribution in [0.15, 0.2) is 48.0 Å². The van der Waals surface area contributed by atoms with Gasteiger partial charge in [-0.3, -0.25) is 14.5 Å². The number of hydrogen-bond donors (Lipinski definition) is 1. The van der Waals surface area contributed by atoms with Gasteiger partial charge in [-0.05, 0) is 12.1 Å². The number of halogens is 1. The number of piperazine rings is 1. The van der Waals surface area contributed by atoms with Gasteiger partial charge in [-0.15, -0.1) is 24.0 Å². The molecule has 1 fully saturated rings. The maximum Gasteiger partial charge on any atom is 0.246 e. The molecule has 1 N–H and O–H groups in total. The Balaban J connectivity index is 0.00000225. The van der Waals surface area contributed by atoms with Gasteiger partial charge in [0.2, 0.25) is 5.91 Å². The molecule has 0 aromatic carbocycles. The van der Waals surface area contributed by atoms with E-state index in [1.807, 2.05) is 53.1 Å². The second-order valence-corrected chi connectivity index (χ2v) is 6.44. The molecule has 148 valence electrons. The zero-order chi connectivity index (χ0) is 18.8. The van der Waals surface area contributed by atoms with Crippen LogP contribution in [0.1, 0.15) is 5.69 Å². The number of pyridine rings is 1. The van der Waals surface area contributed by atoms with E-state index in [1.54, 1.807) is 22.8 Å². The molecular formula is C18H23IN8O. The van der Waals surface area contributed by atoms with Crippen LogP contribution in [0.25, 0.3) is 5.65 Å². The van der Waals surface area contributed by atoms with Crippen molar-refractivity contribution < 1.29 is 4.79 Å². The molecule has 1 amide bonds. The van der Waals surface area contributed by atoms with Crippen LogP contribution in [0.4, 0.5) is 5.69 Å². The average Bonchev–Trinajstić information content (AvgIpc) is 3.28. The highest BCUT2D eigenvalue weighted by molar-refractivity contribution is 14.0. The number of imidazole rings is 1. The van der Waals surface area contributed by atoms with Gasteiger partial charge in [0, 0.05) is 45.8 Å². The predicted octanol–water partition coefficient (Wildman–Crippen LogP) is 1.11. The van der Waals surface area contributed by atoms with Gasteiger partial charge in [0.15, 0.2) is 5.96 Å². The summed E-state index contributed by atoms with van der Waals surface area (Å²) in [5.74, 6) is 0.733. The Labute approximate surface area is 180 Å². The fourth-order valence-corrected chi connectivity index (χ4v) is 3.25. The Morgan fingerprint density at radius 1 is 1.29 bits per heavy atom. The van der Waals surface area contributed by atoms with Crippen molar-refractivity contribution in [2.75, 3.05) is 31.6 Å². The van der Waals surface area contributed by atoms with Gasteiger partial charge in [-0.2, -0.15) is 5.10 Å². The first-order valence-electron chi connectivity index (χ1n) is 8.81. The molecule has 1 aliphatic heterocycles. The number of guanidine groups is 1. The number of aliphatic imine (C=N–C) groups is 1. The van der Waals surface area contributed by atoms with Crippen LogP contribution >= 0.6 is 24.0 Å². The molecule has 4 rings (SSSR count). The number of aromatic nitrogens is 4. The maximum atomic E-state index is 12.6. The number of fused-ring (bicyclic) bond motifs is 1. The molecule has 0 spiro atoms. The van der Waals surface area contributed by atoms with Crippen molar-refractivity contribution in [3.63, 3.8) is 0 Å². The van der Waals surface area contributed by atoms with Crippen LogP contribution in [0, 0.1) is 0 Å². The predicted molar refractivity (Wildman–Crippen MR) is 118 cm³/mol. The zero-order valence-electron chi connectivity index (χ0n) is 15.8. The summed E-state index contributed by atoms with van der Waals surface area (Å²) in [5.41, 5.74) is 2.65. The van der Waals surface area contributed by atoms with Crippen molar-refractivity contribution in [2.24, 2.45) is 12.0 Å². The summed E-state index contributed by atoms with van der Waals surface area (Å²) in [6.45, 7) is 2.12. The summed E-state index contributed by atoms with van der Waals surface area (Å²) in [7, 11) is 3.57. The smallest absolute Gasteiger partial charge is 0.246 e. The van der Waals surface area contributed by atoms with Gasteiger partial charge in [0.25, 0.3) is 0 Å². The molecular weight excluding hydrogens is 471 g/mol. The molecule has 1 saturated heterocycles. The summed E-state index contributed by atoms with van der Waals surface area (Å²) >= 11 is 0. The van der Waals surface area contributed by atoms with E-state index in [4.69, 9.17) is 0 Å². The maximum absolute atomic E-state index is 12.6. The molecule has 3 aromatic heterocycles. The second kappa shape index (κ2) is 8.59. The zero-order valence-corrected chi connectivity index (χ0v) is 18.1. The molecule has 1 aliphatic rings. The minimum Gasteiger partial charge on any atom is -0.351 e. The molecule has 9 nitrogen and oxygen atoms in total. The first-order valence-corrected chi connectivity index (χ1v) is 8.81. The molecule has 0 bridgehead atoms. The number of aryl methyl sites for hydroxylation is 1. The lowest BCUT2D eigenvalue weighted by atomic mass is 10.3. The lowest BCUT2D eigenvalue weighted by Crippen LogP contribution is -2.55. The number of carbonyl (C=O) groups excluding carboxylic acids is 1. The Morgan fingerprint density at radius 3 is 2.82 bits per heavy atom. The molecule has 10 heteroatoms. The Bertz CT molecular complexity index is 961. The SMILES string of the molecule is CN=C(NCc1cn2ccccc2n1)N1CCN(c2cnn(C)c2)C(=O)C1.I. The normalized spacial score (nSPS) is 15.1. The van der Waals surface area contributed by atoms with Gasteiger partial charge < -0.3 is 19.5 Å². The number of hydrogen-bond acceptors (Lipinski definition) is 4. The van der Waals surface area contributed by atoms with Crippen molar-refractivity contribution in [3.05, 3.63) is 48.7 Å². The molecule has 4 heterocycles. The van der Waals surface area contributed by atoms with Gasteiger partial charge in [-0.1, -0.05) is 6.07 Å². The molecule has 0 saturated carbocycles. The molecule has 0 unspecified atom stereocenters. The van der Waals surface area contributed by atoms with Crippen LogP contribution in [-0.2, 0) is 18.4 Å². The van der Waals surface area contributed by atoms with Crippen molar-refractivity contribution in [1.82, 2.24) is 29.4 Å². The lowest BCUT2D eigenvalue weighted by Gasteiger charge is -2.35. The monoisotopic (exact) mass is 494 g/mol. The van der Waals surface area contributed by atoms with E-state index in [0.717, 1.165) is 17.0 Å². The first-order chi connectivity index (χ1) is 13.1. The summed E-state index contributed by atoms with van der Waals surface area (Å²) in [5, 5.41) is 7.45. The van der Waals surface area contributed by atoms with Gasteiger partial charge in [0.1, 0.15) is 12.2 Å². The largest absolute Gasteiger partial charge is 0.351 e. The van der Waals surface area contributed by atoms with Crippen molar-refractivity contribution in [2.45, 2.75) is 6.54 Å². The minimum absolute atomic E-state index is 0. The average molecular weight is 494 g/mol. The molecule has 0 atom stereocenters. The van der Waals surface area contributed by atoms with E-state index in [-0.39, 0.29) is 36.4 Å². The fourth-order valence-electron chi connectivity index (χ4n) is 3.25. The molecule has 3 aromatic rings. The summed E-state index contributed by atoms with van der Waals surface area (Å²) < 4.78 is 3.68. The van der Waals surface area contributed by atoms with Crippen molar-refractivity contribution >= 4 is 47.2 Å². The van der Waals surface area contributed by atoms with E-state index in [2.05, 4.69) is 20.4 Å². The molecule has 0 radical (unpaired) electrons. The third-order valence-electron chi connectivity index (χ3n) is 4.58. The topological polar surface area (TPSA) is 83.1 Å². The quantitative estimate of drug-likeness (QED) is 0.335. The number of anilines is 1. The molecule has 0 aliphatic carbocycles. The Kier molecular flexibility index (Phi) is 6.17. The number of nitrogens with one attached hydrogen (secondary N) is 1. The Morgan fingerprint density at radius 2 is 2.14 bits per heavy atom. The number of rotatable bonds is 3. The lowest BCUT2D eigenvalue weighted by molar-refractivity contribution is -0.120. The van der Waals surface area contributed by atoms with Crippen molar-refractivity contribution in [1.29, 1.82) is 0 Å². The third-order valence-corrected chi connectivity index (χ3v) is 4.58. The summed E-state index contributed by atoms with van der Waals surface area (Å²) in [4.78, 5) is 25.2. The highest BCUT2D eigenvalue weighted by Crippen LogP contribution is 2.16. The molecule has 28 heavy (non-hydrogen) atoms. The van der Waals surface area contributed by atoms with E-state index in [1.165, 1.54) is 0 Å². The second-order valence-electron chi connectivity index (χ2n) is 6.44. The van der Waals surface area contributed by atoms with Crippen LogP contribution in [-0.4, -0.2) is 62.6 Å². The number of nitrogens with zero attached hydrogens (tertiary/aromatic N) is 7. The number of amides is 1. The first kappa shape index (κ1) is 20.1. The van der Waals surface area contributed by atoms with Crippen LogP contribution in [0.3, 0.4) is 0 Å². The van der Waals surface area contributed by atoms with Crippen LogP contribution in [0.5, 0.6) is 0 Å². The van der Waals surface area contributed by atoms with E-state index >= 15 is 0 Å². The standard InChI is InChI=1S/C18H22N8O.HI/c1-19-18(20-9-14-11-24-6-4-3-5-16(24)22-14)25-7-8-26(17(27)13-25)15-10-21-23(2)12-15;/h3-6,10-12H,7-9,13H2,1-2H3,(H,19,20);1H. The fraction of sp³-hybridized carbons (Fsp3) is 0.333. The minimum atomic E-state index is 0. The Hall–Kier alpha value is -2.63. The van der Waals surface area contributed by atoms with Gasteiger partial charge in [0.05, 0.1) is 24.1 Å². The van der Waals surface area contributed by atoms with Crippen LogP contribution < -0.4 is 10.2 Å².